The van der Waals surface area contributed by atoms with Crippen molar-refractivity contribution >= 4 is 16.7 Å². The Kier molecular flexibility index (Phi) is 4.88. The van der Waals surface area contributed by atoms with Crippen LogP contribution in [0.5, 0.6) is 5.75 Å². The molecule has 0 aliphatic rings. The fraction of sp³-hybridized carbons (Fsp3) is 0.385. The Morgan fingerprint density at radius 1 is 1.26 bits per heavy atom. The summed E-state index contributed by atoms with van der Waals surface area (Å²) in [5, 5.41) is 12.7. The van der Waals surface area contributed by atoms with E-state index in [4.69, 9.17) is 14.6 Å². The molecule has 6 heteroatoms. The molecule has 19 heavy (non-hydrogen) atoms. The molecule has 0 saturated carbocycles. The SMILES string of the molecule is COc1ccc2ncnc(NCCOCCO)c2c1. The van der Waals surface area contributed by atoms with E-state index in [2.05, 4.69) is 15.3 Å². The number of nitrogens with one attached hydrogen (secondary N) is 1. The molecule has 1 heterocycles. The van der Waals surface area contributed by atoms with Crippen LogP contribution in [0.3, 0.4) is 0 Å². The Balaban J connectivity index is 2.08. The Bertz CT molecular complexity index is 534. The van der Waals surface area contributed by atoms with Gasteiger partial charge in [0.25, 0.3) is 0 Å². The number of methoxy groups -OCH3 is 1. The number of rotatable bonds is 7. The van der Waals surface area contributed by atoms with Crippen LogP contribution >= 0.6 is 0 Å². The first-order chi connectivity index (χ1) is 9.35. The van der Waals surface area contributed by atoms with Crippen LogP contribution in [-0.2, 0) is 4.74 Å². The van der Waals surface area contributed by atoms with Crippen LogP contribution in [-0.4, -0.2) is 48.5 Å². The van der Waals surface area contributed by atoms with Crippen LogP contribution in [0.1, 0.15) is 0 Å². The van der Waals surface area contributed by atoms with Crippen LogP contribution in [0.2, 0.25) is 0 Å². The molecule has 0 aliphatic heterocycles. The number of hydrogen-bond donors (Lipinski definition) is 2. The lowest BCUT2D eigenvalue weighted by Crippen LogP contribution is -2.12. The van der Waals surface area contributed by atoms with Gasteiger partial charge in [-0.1, -0.05) is 0 Å². The van der Waals surface area contributed by atoms with E-state index < -0.39 is 0 Å². The van der Waals surface area contributed by atoms with Gasteiger partial charge in [0.05, 0.1) is 32.4 Å². The summed E-state index contributed by atoms with van der Waals surface area (Å²) in [4.78, 5) is 8.42. The maximum Gasteiger partial charge on any atom is 0.137 e. The summed E-state index contributed by atoms with van der Waals surface area (Å²) in [6.07, 6.45) is 1.52. The largest absolute Gasteiger partial charge is 0.497 e. The Labute approximate surface area is 111 Å². The van der Waals surface area contributed by atoms with Gasteiger partial charge in [-0.3, -0.25) is 0 Å². The standard InChI is InChI=1S/C13H17N3O3/c1-18-10-2-3-12-11(8-10)13(16-9-15-12)14-4-6-19-7-5-17/h2-3,8-9,17H,4-7H2,1H3,(H,14,15,16). The highest BCUT2D eigenvalue weighted by atomic mass is 16.5. The Morgan fingerprint density at radius 3 is 2.95 bits per heavy atom. The van der Waals surface area contributed by atoms with E-state index in [-0.39, 0.29) is 6.61 Å². The summed E-state index contributed by atoms with van der Waals surface area (Å²) in [7, 11) is 1.63. The highest BCUT2D eigenvalue weighted by Gasteiger charge is 2.04. The van der Waals surface area contributed by atoms with Crippen molar-refractivity contribution in [2.24, 2.45) is 0 Å². The van der Waals surface area contributed by atoms with Crippen LogP contribution in [0.15, 0.2) is 24.5 Å². The molecule has 0 spiro atoms. The molecule has 0 saturated heterocycles. The summed E-state index contributed by atoms with van der Waals surface area (Å²) < 4.78 is 10.4. The third-order valence-electron chi connectivity index (χ3n) is 2.62. The van der Waals surface area contributed by atoms with Crippen molar-refractivity contribution in [3.63, 3.8) is 0 Å². The van der Waals surface area contributed by atoms with Crippen molar-refractivity contribution < 1.29 is 14.6 Å². The van der Waals surface area contributed by atoms with Gasteiger partial charge in [-0.2, -0.15) is 0 Å². The van der Waals surface area contributed by atoms with Gasteiger partial charge >= 0.3 is 0 Å². The molecule has 0 aliphatic carbocycles. The lowest BCUT2D eigenvalue weighted by Gasteiger charge is -2.09. The molecule has 0 atom stereocenters. The van der Waals surface area contributed by atoms with Gasteiger partial charge < -0.3 is 19.9 Å². The normalized spacial score (nSPS) is 10.6. The van der Waals surface area contributed by atoms with Crippen molar-refractivity contribution in [1.82, 2.24) is 9.97 Å². The maximum atomic E-state index is 8.60. The molecule has 2 N–H and O–H groups in total. The lowest BCUT2D eigenvalue weighted by molar-refractivity contribution is 0.0992. The zero-order valence-electron chi connectivity index (χ0n) is 10.8. The smallest absolute Gasteiger partial charge is 0.137 e. The summed E-state index contributed by atoms with van der Waals surface area (Å²) in [5.41, 5.74) is 0.856. The average Bonchev–Trinajstić information content (AvgIpc) is 2.46. The summed E-state index contributed by atoms with van der Waals surface area (Å²) in [6.45, 7) is 1.51. The lowest BCUT2D eigenvalue weighted by atomic mass is 10.2. The molecule has 6 nitrogen and oxygen atoms in total. The average molecular weight is 263 g/mol. The minimum Gasteiger partial charge on any atom is -0.497 e. The van der Waals surface area contributed by atoms with Crippen LogP contribution in [0.25, 0.3) is 10.9 Å². The molecular formula is C13H17N3O3. The summed E-state index contributed by atoms with van der Waals surface area (Å²) in [5.74, 6) is 1.51. The van der Waals surface area contributed by atoms with Crippen molar-refractivity contribution in [3.8, 4) is 5.75 Å². The Morgan fingerprint density at radius 2 is 2.16 bits per heavy atom. The van der Waals surface area contributed by atoms with Crippen molar-refractivity contribution in [2.75, 3.05) is 38.8 Å². The number of anilines is 1. The van der Waals surface area contributed by atoms with Crippen LogP contribution in [0, 0.1) is 0 Å². The van der Waals surface area contributed by atoms with Crippen molar-refractivity contribution in [2.45, 2.75) is 0 Å². The number of hydrogen-bond acceptors (Lipinski definition) is 6. The molecular weight excluding hydrogens is 246 g/mol. The van der Waals surface area contributed by atoms with Crippen molar-refractivity contribution in [3.05, 3.63) is 24.5 Å². The van der Waals surface area contributed by atoms with Gasteiger partial charge in [0.1, 0.15) is 17.9 Å². The van der Waals surface area contributed by atoms with Gasteiger partial charge in [0.2, 0.25) is 0 Å². The minimum atomic E-state index is 0.0354. The quantitative estimate of drug-likeness (QED) is 0.727. The van der Waals surface area contributed by atoms with E-state index in [9.17, 15) is 0 Å². The number of ether oxygens (including phenoxy) is 2. The molecule has 1 aromatic carbocycles. The van der Waals surface area contributed by atoms with Gasteiger partial charge in [0.15, 0.2) is 0 Å². The second kappa shape index (κ2) is 6.86. The molecule has 0 amide bonds. The topological polar surface area (TPSA) is 76.5 Å². The second-order valence-corrected chi connectivity index (χ2v) is 3.87. The predicted molar refractivity (Wildman–Crippen MR) is 72.5 cm³/mol. The zero-order chi connectivity index (χ0) is 13.5. The predicted octanol–water partition coefficient (Wildman–Crippen LogP) is 1.06. The molecule has 1 aromatic heterocycles. The first kappa shape index (κ1) is 13.5. The second-order valence-electron chi connectivity index (χ2n) is 3.87. The van der Waals surface area contributed by atoms with Gasteiger partial charge in [-0.15, -0.1) is 0 Å². The molecule has 2 rings (SSSR count). The van der Waals surface area contributed by atoms with E-state index in [1.165, 1.54) is 6.33 Å². The highest BCUT2D eigenvalue weighted by Crippen LogP contribution is 2.23. The maximum absolute atomic E-state index is 8.60. The van der Waals surface area contributed by atoms with E-state index in [0.29, 0.717) is 19.8 Å². The molecule has 0 fully saturated rings. The molecule has 102 valence electrons. The van der Waals surface area contributed by atoms with E-state index in [1.807, 2.05) is 18.2 Å². The van der Waals surface area contributed by atoms with E-state index >= 15 is 0 Å². The number of aliphatic hydroxyl groups excluding tert-OH is 1. The molecule has 0 radical (unpaired) electrons. The third kappa shape index (κ3) is 3.52. The fourth-order valence-corrected chi connectivity index (χ4v) is 1.71. The zero-order valence-corrected chi connectivity index (χ0v) is 10.8. The number of nitrogens with zero attached hydrogens (tertiary/aromatic N) is 2. The minimum absolute atomic E-state index is 0.0354. The summed E-state index contributed by atoms with van der Waals surface area (Å²) >= 11 is 0. The van der Waals surface area contributed by atoms with E-state index in [1.54, 1.807) is 7.11 Å². The van der Waals surface area contributed by atoms with Gasteiger partial charge in [-0.05, 0) is 18.2 Å². The number of fused-ring (bicyclic) bond motifs is 1. The first-order valence-electron chi connectivity index (χ1n) is 6.06. The number of aliphatic hydroxyl groups is 1. The first-order valence-corrected chi connectivity index (χ1v) is 6.06. The third-order valence-corrected chi connectivity index (χ3v) is 2.62. The van der Waals surface area contributed by atoms with Gasteiger partial charge in [-0.25, -0.2) is 9.97 Å². The number of aromatic nitrogens is 2. The molecule has 0 bridgehead atoms. The van der Waals surface area contributed by atoms with E-state index in [0.717, 1.165) is 22.5 Å². The fourth-order valence-electron chi connectivity index (χ4n) is 1.71. The molecule has 0 unspecified atom stereocenters. The van der Waals surface area contributed by atoms with Crippen molar-refractivity contribution in [1.29, 1.82) is 0 Å². The monoisotopic (exact) mass is 263 g/mol. The number of benzene rings is 1. The highest BCUT2D eigenvalue weighted by molar-refractivity contribution is 5.89. The molecule has 2 aromatic rings. The van der Waals surface area contributed by atoms with Crippen LogP contribution < -0.4 is 10.1 Å². The van der Waals surface area contributed by atoms with Gasteiger partial charge in [0, 0.05) is 11.9 Å². The van der Waals surface area contributed by atoms with Crippen LogP contribution in [0.4, 0.5) is 5.82 Å². The summed E-state index contributed by atoms with van der Waals surface area (Å²) in [6, 6.07) is 5.65. The Hall–Kier alpha value is -1.92.